The fourth-order valence-corrected chi connectivity index (χ4v) is 1.50. The summed E-state index contributed by atoms with van der Waals surface area (Å²) >= 11 is 12.4. The Labute approximate surface area is 66.7 Å². The molecule has 0 bridgehead atoms. The van der Waals surface area contributed by atoms with E-state index in [0.29, 0.717) is 16.7 Å². The maximum absolute atomic E-state index is 5.64. The van der Waals surface area contributed by atoms with Crippen molar-refractivity contribution in [3.8, 4) is 0 Å². The molecule has 0 unspecified atom stereocenters. The highest BCUT2D eigenvalue weighted by molar-refractivity contribution is 7.06. The first kappa shape index (κ1) is 7.28. The van der Waals surface area contributed by atoms with Crippen molar-refractivity contribution in [3.05, 3.63) is 15.1 Å². The van der Waals surface area contributed by atoms with Crippen LogP contribution in [-0.2, 0) is 6.54 Å². The second kappa shape index (κ2) is 2.84. The molecule has 1 rings (SSSR count). The predicted octanol–water partition coefficient (Wildman–Crippen LogP) is 1.91. The lowest BCUT2D eigenvalue weighted by Gasteiger charge is -1.85. The minimum Gasteiger partial charge on any atom is -0.326 e. The van der Waals surface area contributed by atoms with Crippen molar-refractivity contribution in [2.24, 2.45) is 5.73 Å². The molecule has 0 aliphatic heterocycles. The molecule has 0 fully saturated rings. The van der Waals surface area contributed by atoms with E-state index >= 15 is 0 Å². The predicted molar refractivity (Wildman–Crippen MR) is 40.0 cm³/mol. The van der Waals surface area contributed by atoms with Crippen molar-refractivity contribution in [2.45, 2.75) is 6.54 Å². The number of hydrogen-bond donors (Lipinski definition) is 1. The van der Waals surface area contributed by atoms with Crippen LogP contribution in [0.25, 0.3) is 0 Å². The molecule has 2 N–H and O–H groups in total. The molecule has 0 aromatic carbocycles. The first-order valence-electron chi connectivity index (χ1n) is 2.25. The van der Waals surface area contributed by atoms with Crippen LogP contribution in [0.15, 0.2) is 0 Å². The molecule has 5 heteroatoms. The van der Waals surface area contributed by atoms with Crippen LogP contribution in [0.1, 0.15) is 4.88 Å². The van der Waals surface area contributed by atoms with Crippen molar-refractivity contribution in [3.63, 3.8) is 0 Å². The largest absolute Gasteiger partial charge is 0.326 e. The third-order valence-corrected chi connectivity index (χ3v) is 2.70. The van der Waals surface area contributed by atoms with Crippen molar-refractivity contribution in [1.29, 1.82) is 0 Å². The average Bonchev–Trinajstić information content (AvgIpc) is 2.15. The molecule has 9 heavy (non-hydrogen) atoms. The zero-order chi connectivity index (χ0) is 6.85. The van der Waals surface area contributed by atoms with Gasteiger partial charge in [-0.1, -0.05) is 23.2 Å². The number of aromatic nitrogens is 1. The maximum atomic E-state index is 5.64. The number of hydrogen-bond acceptors (Lipinski definition) is 3. The Morgan fingerprint density at radius 2 is 2.22 bits per heavy atom. The molecule has 2 nitrogen and oxygen atoms in total. The summed E-state index contributed by atoms with van der Waals surface area (Å²) in [6.45, 7) is 0.406. The van der Waals surface area contributed by atoms with Gasteiger partial charge in [-0.2, -0.15) is 4.37 Å². The van der Waals surface area contributed by atoms with Crippen LogP contribution < -0.4 is 5.73 Å². The Hall–Kier alpha value is 0.170. The lowest BCUT2D eigenvalue weighted by Crippen LogP contribution is -1.92. The zero-order valence-corrected chi connectivity index (χ0v) is 6.72. The smallest absolute Gasteiger partial charge is 0.161 e. The van der Waals surface area contributed by atoms with Crippen LogP contribution in [0.3, 0.4) is 0 Å². The number of nitrogens with zero attached hydrogens (tertiary/aromatic N) is 1. The molecule has 1 aromatic heterocycles. The molecule has 0 amide bonds. The Morgan fingerprint density at radius 1 is 1.56 bits per heavy atom. The Bertz CT molecular complexity index is 210. The van der Waals surface area contributed by atoms with Crippen molar-refractivity contribution in [1.82, 2.24) is 4.37 Å². The minimum absolute atomic E-state index is 0.349. The molecule has 1 aromatic rings. The molecule has 0 aliphatic rings. The normalized spacial score (nSPS) is 10.1. The minimum atomic E-state index is 0.349. The van der Waals surface area contributed by atoms with Crippen LogP contribution in [0.4, 0.5) is 0 Å². The van der Waals surface area contributed by atoms with Crippen molar-refractivity contribution < 1.29 is 0 Å². The Kier molecular flexibility index (Phi) is 2.29. The second-order valence-electron chi connectivity index (χ2n) is 1.41. The van der Waals surface area contributed by atoms with E-state index in [9.17, 15) is 0 Å². The molecule has 0 spiro atoms. The number of rotatable bonds is 1. The lowest BCUT2D eigenvalue weighted by molar-refractivity contribution is 1.11. The third-order valence-electron chi connectivity index (χ3n) is 0.847. The van der Waals surface area contributed by atoms with Crippen LogP contribution in [0.2, 0.25) is 10.2 Å². The number of nitrogens with two attached hydrogens (primary N) is 1. The van der Waals surface area contributed by atoms with Crippen molar-refractivity contribution in [2.75, 3.05) is 0 Å². The Balaban J connectivity index is 3.04. The highest BCUT2D eigenvalue weighted by Gasteiger charge is 2.06. The summed E-state index contributed by atoms with van der Waals surface area (Å²) in [4.78, 5) is 0.835. The second-order valence-corrected chi connectivity index (χ2v) is 3.01. The topological polar surface area (TPSA) is 38.9 Å². The summed E-state index contributed by atoms with van der Waals surface area (Å²) in [5.74, 6) is 0. The fourth-order valence-electron chi connectivity index (χ4n) is 0.417. The molecule has 0 atom stereocenters. The van der Waals surface area contributed by atoms with Gasteiger partial charge >= 0.3 is 0 Å². The van der Waals surface area contributed by atoms with Crippen LogP contribution in [0.5, 0.6) is 0 Å². The fraction of sp³-hybridized carbons (Fsp3) is 0.250. The lowest BCUT2D eigenvalue weighted by atomic mass is 10.5. The van der Waals surface area contributed by atoms with Gasteiger partial charge in [-0.15, -0.1) is 0 Å². The van der Waals surface area contributed by atoms with Gasteiger partial charge in [0.15, 0.2) is 5.15 Å². The van der Waals surface area contributed by atoms with E-state index in [1.54, 1.807) is 0 Å². The molecule has 0 aliphatic carbocycles. The molecule has 0 saturated carbocycles. The van der Waals surface area contributed by atoms with Crippen LogP contribution in [0, 0.1) is 0 Å². The van der Waals surface area contributed by atoms with E-state index in [2.05, 4.69) is 4.37 Å². The summed E-state index contributed by atoms with van der Waals surface area (Å²) < 4.78 is 3.78. The monoisotopic (exact) mass is 182 g/mol. The molecular weight excluding hydrogens is 179 g/mol. The van der Waals surface area contributed by atoms with Gasteiger partial charge in [0.2, 0.25) is 0 Å². The van der Waals surface area contributed by atoms with Gasteiger partial charge in [0.05, 0.1) is 9.90 Å². The first-order valence-corrected chi connectivity index (χ1v) is 3.78. The van der Waals surface area contributed by atoms with Gasteiger partial charge in [-0.05, 0) is 11.5 Å². The van der Waals surface area contributed by atoms with Gasteiger partial charge in [-0.25, -0.2) is 0 Å². The number of halogens is 2. The summed E-state index contributed by atoms with van der Waals surface area (Å²) in [5, 5.41) is 0.839. The highest BCUT2D eigenvalue weighted by atomic mass is 35.5. The highest BCUT2D eigenvalue weighted by Crippen LogP contribution is 2.27. The SMILES string of the molecule is NCc1snc(Cl)c1Cl. The molecule has 0 saturated heterocycles. The first-order chi connectivity index (χ1) is 4.25. The third kappa shape index (κ3) is 1.35. The van der Waals surface area contributed by atoms with Gasteiger partial charge < -0.3 is 5.73 Å². The van der Waals surface area contributed by atoms with E-state index in [1.165, 1.54) is 11.5 Å². The molecular formula is C4H4Cl2N2S. The van der Waals surface area contributed by atoms with Gasteiger partial charge in [0.1, 0.15) is 0 Å². The summed E-state index contributed by atoms with van der Waals surface area (Å²) in [5.41, 5.74) is 5.29. The quantitative estimate of drug-likeness (QED) is 0.722. The summed E-state index contributed by atoms with van der Waals surface area (Å²) in [6.07, 6.45) is 0. The summed E-state index contributed by atoms with van der Waals surface area (Å²) in [7, 11) is 0. The molecule has 1 heterocycles. The van der Waals surface area contributed by atoms with Crippen LogP contribution in [-0.4, -0.2) is 4.37 Å². The molecule has 50 valence electrons. The summed E-state index contributed by atoms with van der Waals surface area (Å²) in [6, 6.07) is 0. The van der Waals surface area contributed by atoms with Gasteiger partial charge in [-0.3, -0.25) is 0 Å². The van der Waals surface area contributed by atoms with Crippen LogP contribution >= 0.6 is 34.7 Å². The van der Waals surface area contributed by atoms with Gasteiger partial charge in [0.25, 0.3) is 0 Å². The van der Waals surface area contributed by atoms with E-state index in [0.717, 1.165) is 4.88 Å². The maximum Gasteiger partial charge on any atom is 0.161 e. The Morgan fingerprint density at radius 3 is 2.44 bits per heavy atom. The standard InChI is InChI=1S/C4H4Cl2N2S/c5-3-2(1-7)9-8-4(3)6/h1,7H2. The van der Waals surface area contributed by atoms with E-state index < -0.39 is 0 Å². The van der Waals surface area contributed by atoms with E-state index in [-0.39, 0.29) is 0 Å². The average molecular weight is 183 g/mol. The van der Waals surface area contributed by atoms with E-state index in [4.69, 9.17) is 28.9 Å². The zero-order valence-electron chi connectivity index (χ0n) is 4.40. The molecule has 0 radical (unpaired) electrons. The van der Waals surface area contributed by atoms with E-state index in [1.807, 2.05) is 0 Å². The van der Waals surface area contributed by atoms with Gasteiger partial charge in [0, 0.05) is 6.54 Å². The van der Waals surface area contributed by atoms with Crippen molar-refractivity contribution >= 4 is 34.7 Å².